The average Bonchev–Trinajstić information content (AvgIpc) is 2.36. The molecule has 1 heterocycles. The van der Waals surface area contributed by atoms with Crippen molar-refractivity contribution in [3.05, 3.63) is 29.3 Å². The Morgan fingerprint density at radius 2 is 2.28 bits per heavy atom. The van der Waals surface area contributed by atoms with Gasteiger partial charge in [-0.3, -0.25) is 4.79 Å². The third-order valence-electron chi connectivity index (χ3n) is 3.31. The van der Waals surface area contributed by atoms with E-state index in [0.717, 1.165) is 12.0 Å². The Hall–Kier alpha value is -1.55. The number of morpholine rings is 1. The average molecular weight is 248 g/mol. The van der Waals surface area contributed by atoms with Gasteiger partial charge in [-0.2, -0.15) is 0 Å². The molecule has 4 nitrogen and oxygen atoms in total. The molecule has 2 rings (SSSR count). The van der Waals surface area contributed by atoms with Crippen molar-refractivity contribution in [1.82, 2.24) is 4.90 Å². The lowest BCUT2D eigenvalue weighted by atomic mass is 10.1. The number of nitrogens with two attached hydrogens (primary N) is 1. The fourth-order valence-corrected chi connectivity index (χ4v) is 2.36. The highest BCUT2D eigenvalue weighted by Crippen LogP contribution is 2.18. The molecule has 98 valence electrons. The summed E-state index contributed by atoms with van der Waals surface area (Å²) in [7, 11) is 0. The molecular weight excluding hydrogens is 228 g/mol. The van der Waals surface area contributed by atoms with E-state index in [2.05, 4.69) is 6.92 Å². The SMILES string of the molecule is CCC1COCCN1C(=O)c1cc(C)cc(N)c1. The summed E-state index contributed by atoms with van der Waals surface area (Å²) >= 11 is 0. The van der Waals surface area contributed by atoms with Crippen LogP contribution in [0.4, 0.5) is 5.69 Å². The Balaban J connectivity index is 2.23. The largest absolute Gasteiger partial charge is 0.399 e. The molecule has 1 atom stereocenters. The van der Waals surface area contributed by atoms with Gasteiger partial charge in [-0.1, -0.05) is 6.92 Å². The molecule has 0 aromatic heterocycles. The Morgan fingerprint density at radius 1 is 1.50 bits per heavy atom. The molecule has 1 amide bonds. The number of hydrogen-bond donors (Lipinski definition) is 1. The predicted molar refractivity (Wildman–Crippen MR) is 71.5 cm³/mol. The number of hydrogen-bond acceptors (Lipinski definition) is 3. The molecule has 18 heavy (non-hydrogen) atoms. The van der Waals surface area contributed by atoms with Crippen LogP contribution in [-0.2, 0) is 4.74 Å². The first-order valence-electron chi connectivity index (χ1n) is 6.37. The fraction of sp³-hybridized carbons (Fsp3) is 0.500. The van der Waals surface area contributed by atoms with E-state index in [9.17, 15) is 4.79 Å². The topological polar surface area (TPSA) is 55.6 Å². The van der Waals surface area contributed by atoms with Crippen molar-refractivity contribution >= 4 is 11.6 Å². The van der Waals surface area contributed by atoms with Crippen molar-refractivity contribution in [3.8, 4) is 0 Å². The van der Waals surface area contributed by atoms with E-state index in [1.54, 1.807) is 6.07 Å². The van der Waals surface area contributed by atoms with Gasteiger partial charge in [0, 0.05) is 17.8 Å². The van der Waals surface area contributed by atoms with Gasteiger partial charge in [0.15, 0.2) is 0 Å². The molecule has 0 saturated carbocycles. The van der Waals surface area contributed by atoms with Crippen LogP contribution in [0.2, 0.25) is 0 Å². The smallest absolute Gasteiger partial charge is 0.254 e. The van der Waals surface area contributed by atoms with Gasteiger partial charge < -0.3 is 15.4 Å². The highest BCUT2D eigenvalue weighted by atomic mass is 16.5. The van der Waals surface area contributed by atoms with Gasteiger partial charge in [0.2, 0.25) is 0 Å². The minimum absolute atomic E-state index is 0.0561. The van der Waals surface area contributed by atoms with E-state index >= 15 is 0 Å². The van der Waals surface area contributed by atoms with Crippen LogP contribution in [0.25, 0.3) is 0 Å². The van der Waals surface area contributed by atoms with Gasteiger partial charge in [0.25, 0.3) is 5.91 Å². The molecule has 1 aromatic rings. The number of anilines is 1. The van der Waals surface area contributed by atoms with E-state index < -0.39 is 0 Å². The van der Waals surface area contributed by atoms with Gasteiger partial charge in [0.1, 0.15) is 0 Å². The van der Waals surface area contributed by atoms with Crippen LogP contribution in [0.1, 0.15) is 29.3 Å². The van der Waals surface area contributed by atoms with Crippen LogP contribution in [0.15, 0.2) is 18.2 Å². The molecule has 1 unspecified atom stereocenters. The summed E-state index contributed by atoms with van der Waals surface area (Å²) in [6.07, 6.45) is 0.910. The summed E-state index contributed by atoms with van der Waals surface area (Å²) in [6, 6.07) is 5.68. The number of carbonyl (C=O) groups excluding carboxylic acids is 1. The second-order valence-electron chi connectivity index (χ2n) is 4.77. The standard InChI is InChI=1S/C14H20N2O2/c1-3-13-9-18-5-4-16(13)14(17)11-6-10(2)7-12(15)8-11/h6-8,13H,3-5,9,15H2,1-2H3. The minimum atomic E-state index is 0.0561. The first kappa shape index (κ1) is 12.9. The molecular formula is C14H20N2O2. The normalized spacial score (nSPS) is 19.9. The lowest BCUT2D eigenvalue weighted by Crippen LogP contribution is -2.48. The Kier molecular flexibility index (Phi) is 3.87. The van der Waals surface area contributed by atoms with Crippen LogP contribution < -0.4 is 5.73 Å². The minimum Gasteiger partial charge on any atom is -0.399 e. The summed E-state index contributed by atoms with van der Waals surface area (Å²) in [6.45, 7) is 5.92. The third-order valence-corrected chi connectivity index (χ3v) is 3.31. The second kappa shape index (κ2) is 5.40. The number of ether oxygens (including phenoxy) is 1. The van der Waals surface area contributed by atoms with Crippen molar-refractivity contribution in [1.29, 1.82) is 0 Å². The fourth-order valence-electron chi connectivity index (χ4n) is 2.36. The Bertz CT molecular complexity index is 425. The Morgan fingerprint density at radius 3 is 2.94 bits per heavy atom. The van der Waals surface area contributed by atoms with Gasteiger partial charge in [-0.15, -0.1) is 0 Å². The lowest BCUT2D eigenvalue weighted by Gasteiger charge is -2.35. The maximum absolute atomic E-state index is 12.5. The van der Waals surface area contributed by atoms with E-state index in [1.165, 1.54) is 0 Å². The summed E-state index contributed by atoms with van der Waals surface area (Å²) in [4.78, 5) is 14.4. The quantitative estimate of drug-likeness (QED) is 0.812. The molecule has 4 heteroatoms. The monoisotopic (exact) mass is 248 g/mol. The first-order chi connectivity index (χ1) is 8.61. The van der Waals surface area contributed by atoms with Gasteiger partial charge in [-0.25, -0.2) is 0 Å². The van der Waals surface area contributed by atoms with Crippen LogP contribution in [0, 0.1) is 6.92 Å². The van der Waals surface area contributed by atoms with Crippen LogP contribution in [0.3, 0.4) is 0 Å². The first-order valence-corrected chi connectivity index (χ1v) is 6.37. The molecule has 2 N–H and O–H groups in total. The van der Waals surface area contributed by atoms with Crippen LogP contribution in [0.5, 0.6) is 0 Å². The van der Waals surface area contributed by atoms with Gasteiger partial charge in [-0.05, 0) is 37.1 Å². The molecule has 1 saturated heterocycles. The van der Waals surface area contributed by atoms with Crippen molar-refractivity contribution < 1.29 is 9.53 Å². The lowest BCUT2D eigenvalue weighted by molar-refractivity contribution is -0.00279. The molecule has 1 aromatic carbocycles. The van der Waals surface area contributed by atoms with E-state index in [1.807, 2.05) is 24.0 Å². The maximum atomic E-state index is 12.5. The number of aryl methyl sites for hydroxylation is 1. The van der Waals surface area contributed by atoms with Crippen LogP contribution >= 0.6 is 0 Å². The highest BCUT2D eigenvalue weighted by molar-refractivity contribution is 5.95. The number of nitrogen functional groups attached to an aromatic ring is 1. The van der Waals surface area contributed by atoms with Crippen molar-refractivity contribution in [2.75, 3.05) is 25.5 Å². The zero-order chi connectivity index (χ0) is 13.1. The third kappa shape index (κ3) is 2.64. The molecule has 1 fully saturated rings. The maximum Gasteiger partial charge on any atom is 0.254 e. The number of rotatable bonds is 2. The van der Waals surface area contributed by atoms with Crippen molar-refractivity contribution in [2.45, 2.75) is 26.3 Å². The molecule has 0 spiro atoms. The highest BCUT2D eigenvalue weighted by Gasteiger charge is 2.26. The molecule has 0 bridgehead atoms. The van der Waals surface area contributed by atoms with E-state index in [4.69, 9.17) is 10.5 Å². The number of benzene rings is 1. The molecule has 0 aliphatic carbocycles. The van der Waals surface area contributed by atoms with Crippen LogP contribution in [-0.4, -0.2) is 36.6 Å². The number of amides is 1. The zero-order valence-corrected chi connectivity index (χ0v) is 11.0. The second-order valence-corrected chi connectivity index (χ2v) is 4.77. The summed E-state index contributed by atoms with van der Waals surface area (Å²) in [5.41, 5.74) is 8.12. The zero-order valence-electron chi connectivity index (χ0n) is 11.0. The molecule has 1 aliphatic rings. The summed E-state index contributed by atoms with van der Waals surface area (Å²) < 4.78 is 5.42. The Labute approximate surface area is 108 Å². The van der Waals surface area contributed by atoms with Crippen molar-refractivity contribution in [3.63, 3.8) is 0 Å². The van der Waals surface area contributed by atoms with E-state index in [-0.39, 0.29) is 11.9 Å². The van der Waals surface area contributed by atoms with Gasteiger partial charge >= 0.3 is 0 Å². The number of nitrogens with zero attached hydrogens (tertiary/aromatic N) is 1. The molecule has 1 aliphatic heterocycles. The van der Waals surface area contributed by atoms with Crippen molar-refractivity contribution in [2.24, 2.45) is 0 Å². The molecule has 0 radical (unpaired) electrons. The van der Waals surface area contributed by atoms with E-state index in [0.29, 0.717) is 31.0 Å². The summed E-state index contributed by atoms with van der Waals surface area (Å²) in [5.74, 6) is 0.0561. The summed E-state index contributed by atoms with van der Waals surface area (Å²) in [5, 5.41) is 0. The number of carbonyl (C=O) groups is 1. The van der Waals surface area contributed by atoms with Gasteiger partial charge in [0.05, 0.1) is 19.3 Å². The predicted octanol–water partition coefficient (Wildman–Crippen LogP) is 1.83.